The van der Waals surface area contributed by atoms with Gasteiger partial charge in [-0.05, 0) is 37.6 Å². The van der Waals surface area contributed by atoms with Crippen molar-refractivity contribution < 1.29 is 9.21 Å². The third kappa shape index (κ3) is 3.28. The van der Waals surface area contributed by atoms with Crippen LogP contribution < -0.4 is 10.6 Å². The molecule has 1 amide bonds. The number of hydrogen-bond donors (Lipinski definition) is 3. The molecule has 3 N–H and O–H groups in total. The zero-order chi connectivity index (χ0) is 17.2. The molecule has 7 nitrogen and oxygen atoms in total. The fourth-order valence-electron chi connectivity index (χ4n) is 3.19. The summed E-state index contributed by atoms with van der Waals surface area (Å²) < 4.78 is 5.72. The van der Waals surface area contributed by atoms with Crippen LogP contribution in [0.5, 0.6) is 0 Å². The zero-order valence-corrected chi connectivity index (χ0v) is 14.1. The van der Waals surface area contributed by atoms with Gasteiger partial charge in [-0.2, -0.15) is 5.10 Å². The molecule has 1 atom stereocenters. The molecule has 130 valence electrons. The average molecular weight is 339 g/mol. The van der Waals surface area contributed by atoms with E-state index in [0.717, 1.165) is 41.9 Å². The number of amides is 1. The normalized spacial score (nSPS) is 17.2. The van der Waals surface area contributed by atoms with E-state index in [4.69, 9.17) is 4.42 Å². The average Bonchev–Trinajstić information content (AvgIpc) is 3.34. The van der Waals surface area contributed by atoms with Gasteiger partial charge in [0.25, 0.3) is 5.91 Å². The van der Waals surface area contributed by atoms with Crippen LogP contribution in [0.3, 0.4) is 0 Å². The first kappa shape index (κ1) is 15.8. The molecule has 3 aromatic rings. The van der Waals surface area contributed by atoms with Crippen molar-refractivity contribution in [2.24, 2.45) is 0 Å². The molecule has 0 spiro atoms. The number of nitrogens with zero attached hydrogens (tertiary/aromatic N) is 2. The minimum absolute atomic E-state index is 0.180. The molecular formula is C18H21N5O2. The summed E-state index contributed by atoms with van der Waals surface area (Å²) in [6.07, 6.45) is 1.62. The van der Waals surface area contributed by atoms with Gasteiger partial charge in [-0.1, -0.05) is 12.1 Å². The summed E-state index contributed by atoms with van der Waals surface area (Å²) in [7, 11) is 0. The van der Waals surface area contributed by atoms with Gasteiger partial charge >= 0.3 is 0 Å². The summed E-state index contributed by atoms with van der Waals surface area (Å²) >= 11 is 0. The van der Waals surface area contributed by atoms with Gasteiger partial charge < -0.3 is 15.1 Å². The maximum atomic E-state index is 12.2. The summed E-state index contributed by atoms with van der Waals surface area (Å²) in [4.78, 5) is 16.7. The van der Waals surface area contributed by atoms with E-state index in [2.05, 4.69) is 25.8 Å². The van der Waals surface area contributed by atoms with E-state index in [1.165, 1.54) is 0 Å². The van der Waals surface area contributed by atoms with Crippen molar-refractivity contribution in [3.63, 3.8) is 0 Å². The van der Waals surface area contributed by atoms with Crippen LogP contribution in [-0.4, -0.2) is 40.7 Å². The van der Waals surface area contributed by atoms with E-state index < -0.39 is 0 Å². The van der Waals surface area contributed by atoms with E-state index >= 15 is 0 Å². The number of aryl methyl sites for hydroxylation is 1. The van der Waals surface area contributed by atoms with Crippen LogP contribution in [-0.2, 0) is 6.42 Å². The number of oxazole rings is 1. The van der Waals surface area contributed by atoms with Crippen LogP contribution in [0.2, 0.25) is 0 Å². The van der Waals surface area contributed by atoms with Gasteiger partial charge in [-0.15, -0.1) is 0 Å². The number of aromatic amines is 1. The van der Waals surface area contributed by atoms with Crippen LogP contribution >= 0.6 is 0 Å². The maximum absolute atomic E-state index is 12.2. The molecule has 25 heavy (non-hydrogen) atoms. The van der Waals surface area contributed by atoms with E-state index in [1.54, 1.807) is 0 Å². The van der Waals surface area contributed by atoms with E-state index in [-0.39, 0.29) is 5.91 Å². The number of carbonyl (C=O) groups is 1. The van der Waals surface area contributed by atoms with Crippen LogP contribution in [0.15, 0.2) is 28.7 Å². The van der Waals surface area contributed by atoms with Crippen molar-refractivity contribution in [2.75, 3.05) is 19.6 Å². The van der Waals surface area contributed by atoms with Crippen LogP contribution in [0.25, 0.3) is 11.1 Å². The predicted octanol–water partition coefficient (Wildman–Crippen LogP) is 1.91. The van der Waals surface area contributed by atoms with Gasteiger partial charge in [0.1, 0.15) is 11.2 Å². The monoisotopic (exact) mass is 339 g/mol. The fraction of sp³-hybridized carbons (Fsp3) is 0.389. The Hall–Kier alpha value is -2.67. The number of H-pyrrole nitrogens is 1. The van der Waals surface area contributed by atoms with Crippen molar-refractivity contribution in [1.29, 1.82) is 0 Å². The van der Waals surface area contributed by atoms with Gasteiger partial charge in [0.05, 0.1) is 0 Å². The molecule has 0 bridgehead atoms. The standard InChI is InChI=1S/C18H21N5O2/c1-11-3-2-4-15-17(11)21-16(25-15)6-8-20-18(24)14-9-13(22-23-14)12-5-7-19-10-12/h2-4,9,12,19H,5-8,10H2,1H3,(H,20,24)(H,22,23). The van der Waals surface area contributed by atoms with Crippen molar-refractivity contribution in [1.82, 2.24) is 25.8 Å². The molecular weight excluding hydrogens is 318 g/mol. The van der Waals surface area contributed by atoms with Crippen molar-refractivity contribution >= 4 is 17.0 Å². The van der Waals surface area contributed by atoms with Crippen molar-refractivity contribution in [3.8, 4) is 0 Å². The van der Waals surface area contributed by atoms with Crippen LogP contribution in [0.1, 0.15) is 40.0 Å². The maximum Gasteiger partial charge on any atom is 0.271 e. The molecule has 2 aromatic heterocycles. The smallest absolute Gasteiger partial charge is 0.271 e. The Balaban J connectivity index is 1.34. The Bertz CT molecular complexity index is 892. The first-order chi connectivity index (χ1) is 12.2. The Morgan fingerprint density at radius 2 is 2.36 bits per heavy atom. The summed E-state index contributed by atoms with van der Waals surface area (Å²) in [5, 5.41) is 13.3. The second-order valence-corrected chi connectivity index (χ2v) is 6.43. The Morgan fingerprint density at radius 3 is 3.16 bits per heavy atom. The van der Waals surface area contributed by atoms with Crippen LogP contribution in [0.4, 0.5) is 0 Å². The highest BCUT2D eigenvalue weighted by atomic mass is 16.3. The summed E-state index contributed by atoms with van der Waals surface area (Å²) in [5.41, 5.74) is 4.19. The van der Waals surface area contributed by atoms with Crippen molar-refractivity contribution in [3.05, 3.63) is 47.1 Å². The third-order valence-corrected chi connectivity index (χ3v) is 4.62. The zero-order valence-electron chi connectivity index (χ0n) is 14.1. The SMILES string of the molecule is Cc1cccc2oc(CCNC(=O)c3cc(C4CCNC4)[nH]n3)nc12. The van der Waals surface area contributed by atoms with Gasteiger partial charge in [0.15, 0.2) is 11.5 Å². The van der Waals surface area contributed by atoms with Gasteiger partial charge in [0.2, 0.25) is 0 Å². The lowest BCUT2D eigenvalue weighted by atomic mass is 10.1. The largest absolute Gasteiger partial charge is 0.441 e. The topological polar surface area (TPSA) is 95.8 Å². The number of rotatable bonds is 5. The van der Waals surface area contributed by atoms with Gasteiger partial charge in [-0.25, -0.2) is 4.98 Å². The van der Waals surface area contributed by atoms with Crippen LogP contribution in [0, 0.1) is 6.92 Å². The minimum atomic E-state index is -0.180. The molecule has 0 saturated carbocycles. The Morgan fingerprint density at radius 1 is 1.44 bits per heavy atom. The summed E-state index contributed by atoms with van der Waals surface area (Å²) in [6, 6.07) is 7.70. The molecule has 7 heteroatoms. The number of fused-ring (bicyclic) bond motifs is 1. The molecule has 1 unspecified atom stereocenters. The number of aromatic nitrogens is 3. The molecule has 3 heterocycles. The second kappa shape index (κ2) is 6.68. The molecule has 0 aliphatic carbocycles. The molecule has 1 fully saturated rings. The predicted molar refractivity (Wildman–Crippen MR) is 93.6 cm³/mol. The quantitative estimate of drug-likeness (QED) is 0.660. The minimum Gasteiger partial charge on any atom is -0.441 e. The summed E-state index contributed by atoms with van der Waals surface area (Å²) in [5.74, 6) is 0.863. The number of para-hydroxylation sites is 1. The lowest BCUT2D eigenvalue weighted by molar-refractivity contribution is 0.0948. The highest BCUT2D eigenvalue weighted by Gasteiger charge is 2.20. The fourth-order valence-corrected chi connectivity index (χ4v) is 3.19. The number of hydrogen-bond acceptors (Lipinski definition) is 5. The Labute approximate surface area is 145 Å². The van der Waals surface area contributed by atoms with Gasteiger partial charge in [0, 0.05) is 31.1 Å². The van der Waals surface area contributed by atoms with E-state index in [1.807, 2.05) is 31.2 Å². The number of carbonyl (C=O) groups excluding carboxylic acids is 1. The van der Waals surface area contributed by atoms with Gasteiger partial charge in [-0.3, -0.25) is 9.89 Å². The Kier molecular flexibility index (Phi) is 4.23. The first-order valence-electron chi connectivity index (χ1n) is 8.60. The van der Waals surface area contributed by atoms with E-state index in [0.29, 0.717) is 30.5 Å². The van der Waals surface area contributed by atoms with Crippen molar-refractivity contribution in [2.45, 2.75) is 25.7 Å². The second-order valence-electron chi connectivity index (χ2n) is 6.43. The highest BCUT2D eigenvalue weighted by Crippen LogP contribution is 2.21. The molecule has 4 rings (SSSR count). The first-order valence-corrected chi connectivity index (χ1v) is 8.60. The molecule has 1 saturated heterocycles. The number of benzene rings is 1. The summed E-state index contributed by atoms with van der Waals surface area (Å²) in [6.45, 7) is 4.40. The van der Waals surface area contributed by atoms with E-state index in [9.17, 15) is 4.79 Å². The molecule has 1 aliphatic rings. The highest BCUT2D eigenvalue weighted by molar-refractivity contribution is 5.92. The molecule has 0 radical (unpaired) electrons. The third-order valence-electron chi connectivity index (χ3n) is 4.62. The lowest BCUT2D eigenvalue weighted by Crippen LogP contribution is -2.26. The lowest BCUT2D eigenvalue weighted by Gasteiger charge is -2.02. The molecule has 1 aromatic carbocycles. The number of nitrogens with one attached hydrogen (secondary N) is 3. The molecule has 1 aliphatic heterocycles.